The Morgan fingerprint density at radius 1 is 1.33 bits per heavy atom. The maximum atomic E-state index is 11.9. The molecule has 0 unspecified atom stereocenters. The van der Waals surface area contributed by atoms with Crippen molar-refractivity contribution < 1.29 is 4.79 Å². The van der Waals surface area contributed by atoms with Crippen molar-refractivity contribution in [2.75, 3.05) is 5.73 Å². The molecule has 1 aromatic heterocycles. The fourth-order valence-corrected chi connectivity index (χ4v) is 1.65. The van der Waals surface area contributed by atoms with Crippen LogP contribution in [0.15, 0.2) is 42.7 Å². The highest BCUT2D eigenvalue weighted by Crippen LogP contribution is 2.10. The van der Waals surface area contributed by atoms with Crippen LogP contribution in [0, 0.1) is 6.92 Å². The van der Waals surface area contributed by atoms with Crippen LogP contribution in [0.2, 0.25) is 0 Å². The highest BCUT2D eigenvalue weighted by Gasteiger charge is 2.06. The molecule has 0 saturated heterocycles. The molecule has 0 atom stereocenters. The van der Waals surface area contributed by atoms with Crippen molar-refractivity contribution in [1.82, 2.24) is 10.3 Å². The van der Waals surface area contributed by atoms with Crippen LogP contribution < -0.4 is 11.1 Å². The molecular formula is C14H15N3O. The van der Waals surface area contributed by atoms with Gasteiger partial charge < -0.3 is 11.1 Å². The first-order valence-corrected chi connectivity index (χ1v) is 5.70. The quantitative estimate of drug-likeness (QED) is 0.806. The van der Waals surface area contributed by atoms with E-state index in [4.69, 9.17) is 5.73 Å². The van der Waals surface area contributed by atoms with Crippen LogP contribution in [0.1, 0.15) is 21.5 Å². The molecule has 0 spiro atoms. The number of carbonyl (C=O) groups is 1. The smallest absolute Gasteiger partial charge is 0.253 e. The van der Waals surface area contributed by atoms with Gasteiger partial charge >= 0.3 is 0 Å². The number of para-hydroxylation sites is 1. The summed E-state index contributed by atoms with van der Waals surface area (Å²) in [5, 5.41) is 2.82. The zero-order valence-electron chi connectivity index (χ0n) is 10.2. The van der Waals surface area contributed by atoms with Gasteiger partial charge in [0.2, 0.25) is 0 Å². The average molecular weight is 241 g/mol. The van der Waals surface area contributed by atoms with Crippen molar-refractivity contribution in [2.45, 2.75) is 13.5 Å². The predicted molar refractivity (Wildman–Crippen MR) is 71.0 cm³/mol. The van der Waals surface area contributed by atoms with Gasteiger partial charge in [0, 0.05) is 24.6 Å². The summed E-state index contributed by atoms with van der Waals surface area (Å²) in [4.78, 5) is 15.9. The summed E-state index contributed by atoms with van der Waals surface area (Å²) in [6.45, 7) is 2.32. The first-order valence-electron chi connectivity index (χ1n) is 5.70. The van der Waals surface area contributed by atoms with Gasteiger partial charge in [-0.25, -0.2) is 0 Å². The van der Waals surface area contributed by atoms with E-state index in [9.17, 15) is 4.79 Å². The van der Waals surface area contributed by atoms with E-state index in [0.717, 1.165) is 11.1 Å². The number of amides is 1. The van der Waals surface area contributed by atoms with E-state index in [1.165, 1.54) is 0 Å². The Morgan fingerprint density at radius 3 is 2.83 bits per heavy atom. The second-order valence-electron chi connectivity index (χ2n) is 4.13. The number of rotatable bonds is 3. The normalized spacial score (nSPS) is 10.1. The highest BCUT2D eigenvalue weighted by molar-refractivity contribution is 5.94. The Bertz CT molecular complexity index is 566. The lowest BCUT2D eigenvalue weighted by atomic mass is 10.1. The number of nitrogens with two attached hydrogens (primary N) is 1. The third-order valence-corrected chi connectivity index (χ3v) is 2.63. The average Bonchev–Trinajstić information content (AvgIpc) is 2.37. The van der Waals surface area contributed by atoms with E-state index in [2.05, 4.69) is 10.3 Å². The molecular weight excluding hydrogens is 226 g/mol. The Morgan fingerprint density at radius 2 is 2.11 bits per heavy atom. The summed E-state index contributed by atoms with van der Waals surface area (Å²) in [6, 6.07) is 9.27. The number of anilines is 1. The van der Waals surface area contributed by atoms with E-state index < -0.39 is 0 Å². The van der Waals surface area contributed by atoms with E-state index >= 15 is 0 Å². The number of hydrogen-bond acceptors (Lipinski definition) is 3. The van der Waals surface area contributed by atoms with Crippen LogP contribution in [-0.2, 0) is 6.54 Å². The maximum absolute atomic E-state index is 11.9. The molecule has 92 valence electrons. The van der Waals surface area contributed by atoms with E-state index in [-0.39, 0.29) is 5.91 Å². The van der Waals surface area contributed by atoms with Crippen LogP contribution >= 0.6 is 0 Å². The first-order chi connectivity index (χ1) is 8.66. The highest BCUT2D eigenvalue weighted by atomic mass is 16.1. The zero-order chi connectivity index (χ0) is 13.0. The molecule has 0 aliphatic carbocycles. The second-order valence-corrected chi connectivity index (χ2v) is 4.13. The van der Waals surface area contributed by atoms with Crippen molar-refractivity contribution in [3.63, 3.8) is 0 Å². The summed E-state index contributed by atoms with van der Waals surface area (Å²) < 4.78 is 0. The molecule has 0 saturated carbocycles. The van der Waals surface area contributed by atoms with Crippen molar-refractivity contribution in [2.24, 2.45) is 0 Å². The van der Waals surface area contributed by atoms with Gasteiger partial charge in [-0.2, -0.15) is 0 Å². The summed E-state index contributed by atoms with van der Waals surface area (Å²) in [6.07, 6.45) is 3.27. The fraction of sp³-hybridized carbons (Fsp3) is 0.143. The Balaban J connectivity index is 2.03. The molecule has 0 fully saturated rings. The van der Waals surface area contributed by atoms with Gasteiger partial charge in [0.15, 0.2) is 0 Å². The number of nitrogens with one attached hydrogen (secondary N) is 1. The lowest BCUT2D eigenvalue weighted by Crippen LogP contribution is -2.23. The minimum Gasteiger partial charge on any atom is -0.398 e. The van der Waals surface area contributed by atoms with Crippen LogP contribution in [0.3, 0.4) is 0 Å². The van der Waals surface area contributed by atoms with Crippen LogP contribution in [0.25, 0.3) is 0 Å². The molecule has 2 aromatic rings. The topological polar surface area (TPSA) is 68.0 Å². The summed E-state index contributed by atoms with van der Waals surface area (Å²) in [7, 11) is 0. The zero-order valence-corrected chi connectivity index (χ0v) is 10.2. The second kappa shape index (κ2) is 5.31. The van der Waals surface area contributed by atoms with Gasteiger partial charge in [0.1, 0.15) is 0 Å². The molecule has 1 amide bonds. The van der Waals surface area contributed by atoms with Crippen molar-refractivity contribution in [3.8, 4) is 0 Å². The molecule has 1 heterocycles. The summed E-state index contributed by atoms with van der Waals surface area (Å²) >= 11 is 0. The maximum Gasteiger partial charge on any atom is 0.253 e. The van der Waals surface area contributed by atoms with Gasteiger partial charge in [-0.15, -0.1) is 0 Å². The van der Waals surface area contributed by atoms with Gasteiger partial charge in [-0.1, -0.05) is 18.2 Å². The molecule has 0 radical (unpaired) electrons. The Kier molecular flexibility index (Phi) is 3.57. The SMILES string of the molecule is Cc1cncc(C(=O)NCc2ccccc2N)c1. The predicted octanol–water partition coefficient (Wildman–Crippen LogP) is 1.90. The molecule has 3 N–H and O–H groups in total. The first kappa shape index (κ1) is 12.1. The van der Waals surface area contributed by atoms with Crippen LogP contribution in [-0.4, -0.2) is 10.9 Å². The molecule has 1 aromatic carbocycles. The number of aromatic nitrogens is 1. The molecule has 4 nitrogen and oxygen atoms in total. The van der Waals surface area contributed by atoms with Crippen molar-refractivity contribution in [3.05, 3.63) is 59.4 Å². The Labute approximate surface area is 106 Å². The molecule has 0 aliphatic rings. The monoisotopic (exact) mass is 241 g/mol. The lowest BCUT2D eigenvalue weighted by Gasteiger charge is -2.07. The van der Waals surface area contributed by atoms with Gasteiger partial charge in [0.05, 0.1) is 5.56 Å². The number of benzene rings is 1. The summed E-state index contributed by atoms with van der Waals surface area (Å²) in [5.41, 5.74) is 8.92. The number of hydrogen-bond donors (Lipinski definition) is 2. The minimum atomic E-state index is -0.144. The number of aryl methyl sites for hydroxylation is 1. The molecule has 2 rings (SSSR count). The van der Waals surface area contributed by atoms with E-state index in [1.54, 1.807) is 18.5 Å². The fourth-order valence-electron chi connectivity index (χ4n) is 1.65. The lowest BCUT2D eigenvalue weighted by molar-refractivity contribution is 0.0950. The molecule has 18 heavy (non-hydrogen) atoms. The van der Waals surface area contributed by atoms with Crippen LogP contribution in [0.5, 0.6) is 0 Å². The number of pyridine rings is 1. The molecule has 0 bridgehead atoms. The minimum absolute atomic E-state index is 0.144. The number of carbonyl (C=O) groups excluding carboxylic acids is 1. The number of nitrogens with zero attached hydrogens (tertiary/aromatic N) is 1. The van der Waals surface area contributed by atoms with E-state index in [0.29, 0.717) is 17.8 Å². The summed E-state index contributed by atoms with van der Waals surface area (Å²) in [5.74, 6) is -0.144. The van der Waals surface area contributed by atoms with Crippen molar-refractivity contribution >= 4 is 11.6 Å². The van der Waals surface area contributed by atoms with Gasteiger partial charge in [-0.05, 0) is 30.2 Å². The standard InChI is InChI=1S/C14H15N3O/c1-10-6-12(8-16-7-10)14(18)17-9-11-4-2-3-5-13(11)15/h2-8H,9,15H2,1H3,(H,17,18). The van der Waals surface area contributed by atoms with Crippen molar-refractivity contribution in [1.29, 1.82) is 0 Å². The van der Waals surface area contributed by atoms with Gasteiger partial charge in [0.25, 0.3) is 5.91 Å². The van der Waals surface area contributed by atoms with Gasteiger partial charge in [-0.3, -0.25) is 9.78 Å². The molecule has 0 aliphatic heterocycles. The third-order valence-electron chi connectivity index (χ3n) is 2.63. The van der Waals surface area contributed by atoms with E-state index in [1.807, 2.05) is 31.2 Å². The third kappa shape index (κ3) is 2.85. The Hall–Kier alpha value is -2.36. The molecule has 4 heteroatoms. The van der Waals surface area contributed by atoms with Crippen LogP contribution in [0.4, 0.5) is 5.69 Å². The largest absolute Gasteiger partial charge is 0.398 e. The number of nitrogen functional groups attached to an aromatic ring is 1.